The molecule has 0 unspecified atom stereocenters. The molecule has 130 valence electrons. The Bertz CT molecular complexity index is 801. The number of anilines is 3. The maximum Gasteiger partial charge on any atom is 0.323 e. The molecule has 1 aliphatic rings. The van der Waals surface area contributed by atoms with Crippen LogP contribution in [0.2, 0.25) is 0 Å². The maximum absolute atomic E-state index is 12.3. The lowest BCUT2D eigenvalue weighted by Crippen LogP contribution is -2.35. The van der Waals surface area contributed by atoms with Gasteiger partial charge in [0.25, 0.3) is 0 Å². The van der Waals surface area contributed by atoms with E-state index in [0.717, 1.165) is 41.9 Å². The van der Waals surface area contributed by atoms with Gasteiger partial charge in [-0.1, -0.05) is 24.3 Å². The summed E-state index contributed by atoms with van der Waals surface area (Å²) < 4.78 is 0. The summed E-state index contributed by atoms with van der Waals surface area (Å²) in [7, 11) is 0. The molecule has 0 aromatic heterocycles. The van der Waals surface area contributed by atoms with E-state index in [-0.39, 0.29) is 11.9 Å². The molecule has 0 atom stereocenters. The lowest BCUT2D eigenvalue weighted by Gasteiger charge is -2.28. The fourth-order valence-electron chi connectivity index (χ4n) is 3.04. The van der Waals surface area contributed by atoms with Gasteiger partial charge in [0.1, 0.15) is 0 Å². The summed E-state index contributed by atoms with van der Waals surface area (Å²) in [6.07, 6.45) is 2.55. The number of urea groups is 1. The summed E-state index contributed by atoms with van der Waals surface area (Å²) in [6.45, 7) is 4.66. The Morgan fingerprint density at radius 1 is 1.00 bits per heavy atom. The minimum Gasteiger partial charge on any atom is -0.312 e. The van der Waals surface area contributed by atoms with E-state index in [2.05, 4.69) is 10.6 Å². The zero-order chi connectivity index (χ0) is 17.8. The van der Waals surface area contributed by atoms with Gasteiger partial charge in [-0.3, -0.25) is 4.79 Å². The molecule has 0 spiro atoms. The first-order valence-corrected chi connectivity index (χ1v) is 8.59. The maximum atomic E-state index is 12.3. The van der Waals surface area contributed by atoms with Gasteiger partial charge in [0, 0.05) is 30.0 Å². The molecule has 5 nitrogen and oxygen atoms in total. The average molecular weight is 337 g/mol. The van der Waals surface area contributed by atoms with E-state index in [0.29, 0.717) is 12.1 Å². The molecule has 25 heavy (non-hydrogen) atoms. The third-order valence-corrected chi connectivity index (χ3v) is 4.47. The molecule has 1 fully saturated rings. The Labute approximate surface area is 148 Å². The van der Waals surface area contributed by atoms with Gasteiger partial charge in [0.2, 0.25) is 5.91 Å². The van der Waals surface area contributed by atoms with Gasteiger partial charge in [0.15, 0.2) is 0 Å². The smallest absolute Gasteiger partial charge is 0.312 e. The van der Waals surface area contributed by atoms with Crippen LogP contribution in [0.15, 0.2) is 42.5 Å². The van der Waals surface area contributed by atoms with Crippen LogP contribution in [0.4, 0.5) is 21.9 Å². The number of amides is 3. The molecule has 0 saturated carbocycles. The first-order chi connectivity index (χ1) is 12.0. The van der Waals surface area contributed by atoms with Gasteiger partial charge in [0.05, 0.1) is 0 Å². The zero-order valence-electron chi connectivity index (χ0n) is 14.6. The number of benzene rings is 2. The topological polar surface area (TPSA) is 61.4 Å². The van der Waals surface area contributed by atoms with Gasteiger partial charge in [-0.25, -0.2) is 4.79 Å². The summed E-state index contributed by atoms with van der Waals surface area (Å²) in [5, 5.41) is 5.70. The van der Waals surface area contributed by atoms with Crippen LogP contribution in [0.3, 0.4) is 0 Å². The molecule has 3 rings (SSSR count). The summed E-state index contributed by atoms with van der Waals surface area (Å²) >= 11 is 0. The van der Waals surface area contributed by atoms with Crippen LogP contribution in [0.25, 0.3) is 0 Å². The molecule has 1 heterocycles. The van der Waals surface area contributed by atoms with Gasteiger partial charge < -0.3 is 15.5 Å². The van der Waals surface area contributed by atoms with Crippen molar-refractivity contribution in [2.24, 2.45) is 0 Å². The minimum atomic E-state index is -0.297. The number of nitrogens with zero attached hydrogens (tertiary/aromatic N) is 1. The summed E-state index contributed by atoms with van der Waals surface area (Å²) in [4.78, 5) is 26.3. The van der Waals surface area contributed by atoms with Gasteiger partial charge in [-0.2, -0.15) is 0 Å². The second kappa shape index (κ2) is 7.38. The van der Waals surface area contributed by atoms with Crippen LogP contribution in [-0.4, -0.2) is 18.5 Å². The fourth-order valence-corrected chi connectivity index (χ4v) is 3.04. The van der Waals surface area contributed by atoms with Crippen molar-refractivity contribution in [1.82, 2.24) is 0 Å². The number of nitrogens with one attached hydrogen (secondary N) is 2. The first kappa shape index (κ1) is 17.0. The predicted octanol–water partition coefficient (Wildman–Crippen LogP) is 4.46. The van der Waals surface area contributed by atoms with Gasteiger partial charge in [-0.05, 0) is 56.0 Å². The molecule has 0 aliphatic carbocycles. The molecule has 2 aromatic carbocycles. The fraction of sp³-hybridized carbons (Fsp3) is 0.300. The van der Waals surface area contributed by atoms with E-state index >= 15 is 0 Å². The Hall–Kier alpha value is -2.82. The Morgan fingerprint density at radius 2 is 1.80 bits per heavy atom. The number of hydrogen-bond donors (Lipinski definition) is 2. The van der Waals surface area contributed by atoms with Crippen LogP contribution in [0, 0.1) is 13.8 Å². The minimum absolute atomic E-state index is 0.149. The average Bonchev–Trinajstić information content (AvgIpc) is 2.59. The van der Waals surface area contributed by atoms with Crippen molar-refractivity contribution in [1.29, 1.82) is 0 Å². The highest BCUT2D eigenvalue weighted by molar-refractivity contribution is 6.01. The van der Waals surface area contributed by atoms with Crippen molar-refractivity contribution < 1.29 is 9.59 Å². The van der Waals surface area contributed by atoms with E-state index in [1.165, 1.54) is 0 Å². The van der Waals surface area contributed by atoms with E-state index in [1.54, 1.807) is 0 Å². The van der Waals surface area contributed by atoms with Crippen LogP contribution in [-0.2, 0) is 4.79 Å². The highest BCUT2D eigenvalue weighted by Crippen LogP contribution is 2.28. The Balaban J connectivity index is 1.74. The van der Waals surface area contributed by atoms with E-state index in [1.807, 2.05) is 61.2 Å². The van der Waals surface area contributed by atoms with Gasteiger partial charge in [-0.15, -0.1) is 0 Å². The molecule has 0 bridgehead atoms. The third kappa shape index (κ3) is 3.99. The second-order valence-corrected chi connectivity index (χ2v) is 6.40. The molecule has 1 aliphatic heterocycles. The largest absolute Gasteiger partial charge is 0.323 e. The Morgan fingerprint density at radius 3 is 2.56 bits per heavy atom. The molecule has 2 N–H and O–H groups in total. The van der Waals surface area contributed by atoms with Crippen molar-refractivity contribution in [3.63, 3.8) is 0 Å². The third-order valence-electron chi connectivity index (χ3n) is 4.47. The number of piperidine rings is 1. The standard InChI is InChI=1S/C20H23N3O2/c1-14-7-3-4-8-17(14)22-20(25)21-16-11-10-15(2)18(13-16)23-12-6-5-9-19(23)24/h3-4,7-8,10-11,13H,5-6,9,12H2,1-2H3,(H2,21,22,25). The molecular weight excluding hydrogens is 314 g/mol. The first-order valence-electron chi connectivity index (χ1n) is 8.59. The second-order valence-electron chi connectivity index (χ2n) is 6.40. The van der Waals surface area contributed by atoms with Crippen molar-refractivity contribution in [2.75, 3.05) is 22.1 Å². The van der Waals surface area contributed by atoms with Crippen LogP contribution < -0.4 is 15.5 Å². The van der Waals surface area contributed by atoms with Crippen molar-refractivity contribution in [3.8, 4) is 0 Å². The van der Waals surface area contributed by atoms with Crippen LogP contribution in [0.1, 0.15) is 30.4 Å². The van der Waals surface area contributed by atoms with Gasteiger partial charge >= 0.3 is 6.03 Å². The highest BCUT2D eigenvalue weighted by Gasteiger charge is 2.21. The molecule has 0 radical (unpaired) electrons. The zero-order valence-corrected chi connectivity index (χ0v) is 14.6. The molecule has 3 amide bonds. The quantitative estimate of drug-likeness (QED) is 0.868. The molecule has 1 saturated heterocycles. The number of rotatable bonds is 3. The van der Waals surface area contributed by atoms with Crippen LogP contribution in [0.5, 0.6) is 0 Å². The molecule has 2 aromatic rings. The summed E-state index contributed by atoms with van der Waals surface area (Å²) in [5.74, 6) is 0.149. The number of hydrogen-bond acceptors (Lipinski definition) is 2. The number of aryl methyl sites for hydroxylation is 2. The summed E-state index contributed by atoms with van der Waals surface area (Å²) in [6, 6.07) is 13.0. The van der Waals surface area contributed by atoms with Crippen molar-refractivity contribution in [3.05, 3.63) is 53.6 Å². The normalized spacial score (nSPS) is 14.3. The van der Waals surface area contributed by atoms with E-state index in [4.69, 9.17) is 0 Å². The lowest BCUT2D eigenvalue weighted by molar-refractivity contribution is -0.119. The predicted molar refractivity (Wildman–Crippen MR) is 101 cm³/mol. The monoisotopic (exact) mass is 337 g/mol. The highest BCUT2D eigenvalue weighted by atomic mass is 16.2. The Kier molecular flexibility index (Phi) is 5.03. The number of carbonyl (C=O) groups excluding carboxylic acids is 2. The SMILES string of the molecule is Cc1ccccc1NC(=O)Nc1ccc(C)c(N2CCCCC2=O)c1. The van der Waals surface area contributed by atoms with Crippen molar-refractivity contribution >= 4 is 29.0 Å². The van der Waals surface area contributed by atoms with E-state index < -0.39 is 0 Å². The molecule has 5 heteroatoms. The van der Waals surface area contributed by atoms with Crippen LogP contribution >= 0.6 is 0 Å². The molecular formula is C20H23N3O2. The summed E-state index contributed by atoms with van der Waals surface area (Å²) in [5.41, 5.74) is 4.35. The van der Waals surface area contributed by atoms with Crippen molar-refractivity contribution in [2.45, 2.75) is 33.1 Å². The lowest BCUT2D eigenvalue weighted by atomic mass is 10.1. The number of para-hydroxylation sites is 1. The van der Waals surface area contributed by atoms with E-state index in [9.17, 15) is 9.59 Å². The number of carbonyl (C=O) groups is 2.